The molecule has 1 saturated heterocycles. The van der Waals surface area contributed by atoms with Gasteiger partial charge in [-0.3, -0.25) is 4.79 Å². The number of nitrogens with one attached hydrogen (secondary N) is 1. The zero-order valence-electron chi connectivity index (χ0n) is 18.2. The average Bonchev–Trinajstić information content (AvgIpc) is 3.24. The third kappa shape index (κ3) is 4.31. The lowest BCUT2D eigenvalue weighted by Crippen LogP contribution is -2.49. The van der Waals surface area contributed by atoms with Gasteiger partial charge >= 0.3 is 0 Å². The van der Waals surface area contributed by atoms with Crippen molar-refractivity contribution >= 4 is 15.9 Å². The van der Waals surface area contributed by atoms with E-state index in [2.05, 4.69) is 5.32 Å². The summed E-state index contributed by atoms with van der Waals surface area (Å²) in [6.07, 6.45) is 4.15. The monoisotopic (exact) mass is 474 g/mol. The highest BCUT2D eigenvalue weighted by Gasteiger charge is 2.51. The minimum Gasteiger partial charge on any atom is -0.486 e. The number of rotatable bonds is 5. The number of hydrogen-bond acceptors (Lipinski definition) is 5. The molecule has 2 aromatic rings. The second-order valence-electron chi connectivity index (χ2n) is 8.85. The maximum Gasteiger partial charge on any atom is 0.244 e. The first-order valence-electron chi connectivity index (χ1n) is 11.4. The number of amides is 1. The fourth-order valence-electron chi connectivity index (χ4n) is 5.20. The number of fused-ring (bicyclic) bond motifs is 2. The molecule has 7 nitrogen and oxygen atoms in total. The van der Waals surface area contributed by atoms with Crippen LogP contribution in [0.1, 0.15) is 37.7 Å². The van der Waals surface area contributed by atoms with Gasteiger partial charge in [0.25, 0.3) is 0 Å². The molecule has 5 rings (SSSR count). The number of carbonyl (C=O) groups excluding carboxylic acids is 1. The minimum atomic E-state index is -3.94. The summed E-state index contributed by atoms with van der Waals surface area (Å²) >= 11 is 0. The number of benzene rings is 2. The first-order valence-corrected chi connectivity index (χ1v) is 12.8. The van der Waals surface area contributed by atoms with Gasteiger partial charge in [0.1, 0.15) is 25.1 Å². The Morgan fingerprint density at radius 3 is 2.55 bits per heavy atom. The van der Waals surface area contributed by atoms with Crippen molar-refractivity contribution in [3.8, 4) is 11.5 Å². The molecule has 3 unspecified atom stereocenters. The smallest absolute Gasteiger partial charge is 0.244 e. The molecule has 3 atom stereocenters. The molecule has 3 aliphatic rings. The van der Waals surface area contributed by atoms with Gasteiger partial charge in [-0.2, -0.15) is 4.31 Å². The SMILES string of the molecule is O=C(NCc1ccc(F)cc1)C1CC2CCCCC2N1S(=O)(=O)c1ccc2c(c1)OCCO2. The number of nitrogens with zero attached hydrogens (tertiary/aromatic N) is 1. The number of ether oxygens (including phenoxy) is 2. The van der Waals surface area contributed by atoms with Crippen LogP contribution in [0, 0.1) is 11.7 Å². The Bertz CT molecular complexity index is 1140. The highest BCUT2D eigenvalue weighted by Crippen LogP contribution is 2.43. The topological polar surface area (TPSA) is 84.9 Å². The van der Waals surface area contributed by atoms with E-state index in [0.29, 0.717) is 31.1 Å². The molecule has 176 valence electrons. The van der Waals surface area contributed by atoms with E-state index in [-0.39, 0.29) is 35.1 Å². The molecule has 1 amide bonds. The molecule has 1 N–H and O–H groups in total. The van der Waals surface area contributed by atoms with Crippen molar-refractivity contribution < 1.29 is 27.1 Å². The third-order valence-corrected chi connectivity index (χ3v) is 8.73. The molecular weight excluding hydrogens is 447 g/mol. The van der Waals surface area contributed by atoms with Crippen LogP contribution in [0.15, 0.2) is 47.4 Å². The van der Waals surface area contributed by atoms with Gasteiger partial charge in [0.05, 0.1) is 4.90 Å². The lowest BCUT2D eigenvalue weighted by atomic mass is 9.85. The zero-order valence-corrected chi connectivity index (χ0v) is 19.0. The number of halogens is 1. The number of sulfonamides is 1. The Labute approximate surface area is 192 Å². The Balaban J connectivity index is 1.42. The van der Waals surface area contributed by atoms with Gasteiger partial charge in [-0.15, -0.1) is 0 Å². The van der Waals surface area contributed by atoms with Crippen LogP contribution < -0.4 is 14.8 Å². The summed E-state index contributed by atoms with van der Waals surface area (Å²) in [5, 5.41) is 2.86. The molecule has 0 radical (unpaired) electrons. The van der Waals surface area contributed by atoms with Crippen LogP contribution in [-0.4, -0.2) is 43.9 Å². The van der Waals surface area contributed by atoms with E-state index in [0.717, 1.165) is 31.2 Å². The second-order valence-corrected chi connectivity index (χ2v) is 10.7. The molecule has 1 saturated carbocycles. The Morgan fingerprint density at radius 2 is 1.76 bits per heavy atom. The summed E-state index contributed by atoms with van der Waals surface area (Å²) in [5.41, 5.74) is 0.751. The summed E-state index contributed by atoms with van der Waals surface area (Å²) in [7, 11) is -3.94. The van der Waals surface area contributed by atoms with Gasteiger partial charge in [-0.25, -0.2) is 12.8 Å². The van der Waals surface area contributed by atoms with Crippen LogP contribution >= 0.6 is 0 Å². The summed E-state index contributed by atoms with van der Waals surface area (Å²) in [6.45, 7) is 0.994. The predicted octanol–water partition coefficient (Wildman–Crippen LogP) is 3.24. The molecule has 33 heavy (non-hydrogen) atoms. The van der Waals surface area contributed by atoms with Crippen molar-refractivity contribution in [1.29, 1.82) is 0 Å². The third-order valence-electron chi connectivity index (χ3n) is 6.80. The van der Waals surface area contributed by atoms with Crippen molar-refractivity contribution in [3.05, 3.63) is 53.8 Å². The van der Waals surface area contributed by atoms with E-state index >= 15 is 0 Å². The van der Waals surface area contributed by atoms with E-state index in [4.69, 9.17) is 9.47 Å². The summed E-state index contributed by atoms with van der Waals surface area (Å²) in [4.78, 5) is 13.3. The highest BCUT2D eigenvalue weighted by atomic mass is 32.2. The van der Waals surface area contributed by atoms with Gasteiger partial charge < -0.3 is 14.8 Å². The van der Waals surface area contributed by atoms with Crippen molar-refractivity contribution in [2.75, 3.05) is 13.2 Å². The molecule has 9 heteroatoms. The molecule has 1 aliphatic carbocycles. The standard InChI is InChI=1S/C24H27FN2O5S/c25-18-7-5-16(6-8-18)15-26-24(28)21-13-17-3-1-2-4-20(17)27(21)33(29,30)19-9-10-22-23(14-19)32-12-11-31-22/h5-10,14,17,20-21H,1-4,11-13,15H2,(H,26,28). The lowest BCUT2D eigenvalue weighted by Gasteiger charge is -2.33. The van der Waals surface area contributed by atoms with Crippen LogP contribution in [0.2, 0.25) is 0 Å². The van der Waals surface area contributed by atoms with Crippen LogP contribution in [-0.2, 0) is 21.4 Å². The molecule has 2 heterocycles. The molecule has 0 aromatic heterocycles. The summed E-state index contributed by atoms with van der Waals surface area (Å²) in [5.74, 6) is 0.411. The van der Waals surface area contributed by atoms with E-state index in [1.807, 2.05) is 0 Å². The zero-order chi connectivity index (χ0) is 23.0. The maximum absolute atomic E-state index is 13.8. The molecule has 2 aliphatic heterocycles. The van der Waals surface area contributed by atoms with E-state index < -0.39 is 16.1 Å². The quantitative estimate of drug-likeness (QED) is 0.719. The van der Waals surface area contributed by atoms with Crippen LogP contribution in [0.5, 0.6) is 11.5 Å². The summed E-state index contributed by atoms with van der Waals surface area (Å²) < 4.78 is 53.3. The first-order chi connectivity index (χ1) is 15.9. The van der Waals surface area contributed by atoms with Gasteiger partial charge in [0.2, 0.25) is 15.9 Å². The van der Waals surface area contributed by atoms with E-state index in [1.54, 1.807) is 18.2 Å². The second kappa shape index (κ2) is 8.95. The summed E-state index contributed by atoms with van der Waals surface area (Å²) in [6, 6.07) is 9.53. The fraction of sp³-hybridized carbons (Fsp3) is 0.458. The fourth-order valence-corrected chi connectivity index (χ4v) is 7.09. The number of hydrogen-bond donors (Lipinski definition) is 1. The highest BCUT2D eigenvalue weighted by molar-refractivity contribution is 7.89. The van der Waals surface area contributed by atoms with Gasteiger partial charge in [0, 0.05) is 18.7 Å². The predicted molar refractivity (Wildman–Crippen MR) is 119 cm³/mol. The molecule has 0 bridgehead atoms. The van der Waals surface area contributed by atoms with Crippen molar-refractivity contribution in [2.45, 2.75) is 55.6 Å². The van der Waals surface area contributed by atoms with Crippen LogP contribution in [0.4, 0.5) is 4.39 Å². The van der Waals surface area contributed by atoms with E-state index in [1.165, 1.54) is 28.6 Å². The Kier molecular flexibility index (Phi) is 6.01. The minimum absolute atomic E-state index is 0.106. The Hall–Kier alpha value is -2.65. The average molecular weight is 475 g/mol. The van der Waals surface area contributed by atoms with Crippen molar-refractivity contribution in [3.63, 3.8) is 0 Å². The van der Waals surface area contributed by atoms with Crippen molar-refractivity contribution in [1.82, 2.24) is 9.62 Å². The molecule has 0 spiro atoms. The normalized spacial score (nSPS) is 24.8. The van der Waals surface area contributed by atoms with Gasteiger partial charge in [0.15, 0.2) is 11.5 Å². The number of carbonyl (C=O) groups is 1. The first kappa shape index (κ1) is 22.2. The van der Waals surface area contributed by atoms with E-state index in [9.17, 15) is 17.6 Å². The van der Waals surface area contributed by atoms with Gasteiger partial charge in [-0.1, -0.05) is 25.0 Å². The van der Waals surface area contributed by atoms with Crippen LogP contribution in [0.3, 0.4) is 0 Å². The molecular formula is C24H27FN2O5S. The van der Waals surface area contributed by atoms with Crippen molar-refractivity contribution in [2.24, 2.45) is 5.92 Å². The lowest BCUT2D eigenvalue weighted by molar-refractivity contribution is -0.124. The Morgan fingerprint density at radius 1 is 1.03 bits per heavy atom. The molecule has 2 fully saturated rings. The van der Waals surface area contributed by atoms with Gasteiger partial charge in [-0.05, 0) is 55.0 Å². The largest absolute Gasteiger partial charge is 0.486 e. The molecule has 2 aromatic carbocycles. The van der Waals surface area contributed by atoms with Crippen LogP contribution in [0.25, 0.3) is 0 Å². The maximum atomic E-state index is 13.8.